The molecular formula is C14H19N. The summed E-state index contributed by atoms with van der Waals surface area (Å²) in [4.78, 5) is 0. The van der Waals surface area contributed by atoms with Crippen LogP contribution in [-0.4, -0.2) is 6.04 Å². The van der Waals surface area contributed by atoms with Gasteiger partial charge in [0.15, 0.2) is 0 Å². The Kier molecular flexibility index (Phi) is 4.93. The minimum absolute atomic E-state index is 0.000156. The highest BCUT2D eigenvalue weighted by atomic mass is 14.6. The van der Waals surface area contributed by atoms with E-state index in [1.807, 2.05) is 13.0 Å². The third kappa shape index (κ3) is 4.18. The summed E-state index contributed by atoms with van der Waals surface area (Å²) in [6.07, 6.45) is 3.20. The average molecular weight is 201 g/mol. The van der Waals surface area contributed by atoms with Crippen LogP contribution in [0.15, 0.2) is 24.3 Å². The number of benzene rings is 1. The molecule has 0 bridgehead atoms. The van der Waals surface area contributed by atoms with E-state index in [0.29, 0.717) is 0 Å². The van der Waals surface area contributed by atoms with Gasteiger partial charge in [0.2, 0.25) is 0 Å². The van der Waals surface area contributed by atoms with Crippen LogP contribution in [0.4, 0.5) is 0 Å². The molecule has 0 aliphatic rings. The molecule has 0 saturated carbocycles. The van der Waals surface area contributed by atoms with E-state index in [2.05, 4.69) is 37.0 Å². The third-order valence-electron chi connectivity index (χ3n) is 2.31. The van der Waals surface area contributed by atoms with Crippen molar-refractivity contribution < 1.29 is 0 Å². The highest BCUT2D eigenvalue weighted by Crippen LogP contribution is 2.06. The van der Waals surface area contributed by atoms with Crippen molar-refractivity contribution in [3.8, 4) is 11.8 Å². The summed E-state index contributed by atoms with van der Waals surface area (Å²) in [5, 5.41) is 0. The van der Waals surface area contributed by atoms with Crippen LogP contribution in [0.25, 0.3) is 0 Å². The van der Waals surface area contributed by atoms with Gasteiger partial charge in [0.05, 0.1) is 6.04 Å². The predicted octanol–water partition coefficient (Wildman–Crippen LogP) is 2.73. The first-order valence-corrected chi connectivity index (χ1v) is 5.62. The first-order chi connectivity index (χ1) is 7.26. The Morgan fingerprint density at radius 2 is 2.13 bits per heavy atom. The van der Waals surface area contributed by atoms with E-state index in [-0.39, 0.29) is 6.04 Å². The Balaban J connectivity index is 2.75. The van der Waals surface area contributed by atoms with Gasteiger partial charge in [0, 0.05) is 5.56 Å². The van der Waals surface area contributed by atoms with E-state index in [1.165, 1.54) is 12.0 Å². The molecule has 1 atom stereocenters. The smallest absolute Gasteiger partial charge is 0.0665 e. The van der Waals surface area contributed by atoms with E-state index in [1.54, 1.807) is 0 Å². The quantitative estimate of drug-likeness (QED) is 0.748. The van der Waals surface area contributed by atoms with Gasteiger partial charge in [-0.1, -0.05) is 44.2 Å². The number of aryl methyl sites for hydroxylation is 1. The molecule has 0 spiro atoms. The maximum absolute atomic E-state index is 5.74. The zero-order chi connectivity index (χ0) is 11.1. The fraction of sp³-hybridized carbons (Fsp3) is 0.429. The van der Waals surface area contributed by atoms with Crippen LogP contribution in [0.1, 0.15) is 37.8 Å². The lowest BCUT2D eigenvalue weighted by Gasteiger charge is -1.99. The molecule has 2 N–H and O–H groups in total. The normalized spacial score (nSPS) is 11.7. The molecule has 0 heterocycles. The Morgan fingerprint density at radius 3 is 2.80 bits per heavy atom. The van der Waals surface area contributed by atoms with Gasteiger partial charge in [-0.25, -0.2) is 0 Å². The Bertz CT molecular complexity index is 357. The summed E-state index contributed by atoms with van der Waals surface area (Å²) in [6, 6.07) is 8.40. The topological polar surface area (TPSA) is 26.0 Å². The third-order valence-corrected chi connectivity index (χ3v) is 2.31. The molecule has 0 aromatic heterocycles. The SMILES string of the molecule is CCCc1cccc(C#CC(N)CC)c1. The Hall–Kier alpha value is -1.26. The summed E-state index contributed by atoms with van der Waals surface area (Å²) >= 11 is 0. The van der Waals surface area contributed by atoms with Crippen molar-refractivity contribution in [2.75, 3.05) is 0 Å². The first kappa shape index (κ1) is 11.8. The van der Waals surface area contributed by atoms with Crippen LogP contribution in [0.5, 0.6) is 0 Å². The van der Waals surface area contributed by atoms with Gasteiger partial charge in [0.1, 0.15) is 0 Å². The molecule has 0 radical (unpaired) electrons. The molecular weight excluding hydrogens is 182 g/mol. The fourth-order valence-corrected chi connectivity index (χ4v) is 1.37. The minimum atomic E-state index is -0.000156. The number of nitrogens with two attached hydrogens (primary N) is 1. The van der Waals surface area contributed by atoms with Crippen molar-refractivity contribution in [3.63, 3.8) is 0 Å². The van der Waals surface area contributed by atoms with Gasteiger partial charge >= 0.3 is 0 Å². The molecule has 1 nitrogen and oxygen atoms in total. The number of hydrogen-bond donors (Lipinski definition) is 1. The predicted molar refractivity (Wildman–Crippen MR) is 65.6 cm³/mol. The van der Waals surface area contributed by atoms with Crippen LogP contribution in [0.2, 0.25) is 0 Å². The van der Waals surface area contributed by atoms with Gasteiger partial charge < -0.3 is 5.73 Å². The molecule has 0 amide bonds. The maximum atomic E-state index is 5.74. The van der Waals surface area contributed by atoms with Gasteiger partial charge in [-0.05, 0) is 30.5 Å². The van der Waals surface area contributed by atoms with Crippen molar-refractivity contribution in [2.24, 2.45) is 5.73 Å². The van der Waals surface area contributed by atoms with Gasteiger partial charge in [-0.2, -0.15) is 0 Å². The van der Waals surface area contributed by atoms with E-state index < -0.39 is 0 Å². The molecule has 1 heteroatoms. The van der Waals surface area contributed by atoms with Crippen LogP contribution in [-0.2, 0) is 6.42 Å². The lowest BCUT2D eigenvalue weighted by atomic mass is 10.1. The standard InChI is InChI=1S/C14H19N/c1-3-6-12-7-5-8-13(11-12)9-10-14(15)4-2/h5,7-8,11,14H,3-4,6,15H2,1-2H3. The van der Waals surface area contributed by atoms with Crippen molar-refractivity contribution in [3.05, 3.63) is 35.4 Å². The second-order valence-electron chi connectivity index (χ2n) is 3.73. The van der Waals surface area contributed by atoms with E-state index in [4.69, 9.17) is 5.73 Å². The second-order valence-corrected chi connectivity index (χ2v) is 3.73. The van der Waals surface area contributed by atoms with Crippen LogP contribution in [0, 0.1) is 11.8 Å². The van der Waals surface area contributed by atoms with Crippen molar-refractivity contribution in [1.82, 2.24) is 0 Å². The summed E-state index contributed by atoms with van der Waals surface area (Å²) in [7, 11) is 0. The van der Waals surface area contributed by atoms with E-state index in [0.717, 1.165) is 18.4 Å². The van der Waals surface area contributed by atoms with Crippen LogP contribution < -0.4 is 5.73 Å². The molecule has 0 aliphatic carbocycles. The highest BCUT2D eigenvalue weighted by molar-refractivity contribution is 5.37. The Labute approximate surface area is 92.7 Å². The molecule has 15 heavy (non-hydrogen) atoms. The number of hydrogen-bond acceptors (Lipinski definition) is 1. The van der Waals surface area contributed by atoms with Gasteiger partial charge in [-0.3, -0.25) is 0 Å². The lowest BCUT2D eigenvalue weighted by molar-refractivity contribution is 0.806. The molecule has 0 saturated heterocycles. The molecule has 80 valence electrons. The molecule has 1 unspecified atom stereocenters. The molecule has 1 rings (SSSR count). The van der Waals surface area contributed by atoms with Crippen LogP contribution in [0.3, 0.4) is 0 Å². The molecule has 1 aromatic rings. The molecule has 1 aromatic carbocycles. The largest absolute Gasteiger partial charge is 0.318 e. The minimum Gasteiger partial charge on any atom is -0.318 e. The summed E-state index contributed by atoms with van der Waals surface area (Å²) < 4.78 is 0. The highest BCUT2D eigenvalue weighted by Gasteiger charge is 1.93. The van der Waals surface area contributed by atoms with E-state index in [9.17, 15) is 0 Å². The lowest BCUT2D eigenvalue weighted by Crippen LogP contribution is -2.15. The first-order valence-electron chi connectivity index (χ1n) is 5.62. The summed E-state index contributed by atoms with van der Waals surface area (Å²) in [5.41, 5.74) is 8.17. The molecule has 0 aliphatic heterocycles. The Morgan fingerprint density at radius 1 is 1.33 bits per heavy atom. The van der Waals surface area contributed by atoms with Gasteiger partial charge in [-0.15, -0.1) is 0 Å². The van der Waals surface area contributed by atoms with E-state index >= 15 is 0 Å². The monoisotopic (exact) mass is 201 g/mol. The van der Waals surface area contributed by atoms with Crippen molar-refractivity contribution >= 4 is 0 Å². The van der Waals surface area contributed by atoms with Gasteiger partial charge in [0.25, 0.3) is 0 Å². The fourth-order valence-electron chi connectivity index (χ4n) is 1.37. The van der Waals surface area contributed by atoms with Crippen molar-refractivity contribution in [2.45, 2.75) is 39.2 Å². The zero-order valence-corrected chi connectivity index (χ0v) is 9.59. The second kappa shape index (κ2) is 6.27. The summed E-state index contributed by atoms with van der Waals surface area (Å²) in [6.45, 7) is 4.23. The van der Waals surface area contributed by atoms with Crippen LogP contribution >= 0.6 is 0 Å². The van der Waals surface area contributed by atoms with Crippen molar-refractivity contribution in [1.29, 1.82) is 0 Å². The average Bonchev–Trinajstić information content (AvgIpc) is 2.27. The number of rotatable bonds is 3. The summed E-state index contributed by atoms with van der Waals surface area (Å²) in [5.74, 6) is 6.16. The molecule has 0 fully saturated rings. The zero-order valence-electron chi connectivity index (χ0n) is 9.59. The maximum Gasteiger partial charge on any atom is 0.0665 e.